The van der Waals surface area contributed by atoms with Crippen LogP contribution in [-0.2, 0) is 11.3 Å². The molecule has 0 unspecified atom stereocenters. The van der Waals surface area contributed by atoms with Gasteiger partial charge in [-0.3, -0.25) is 19.5 Å². The zero-order valence-electron chi connectivity index (χ0n) is 14.9. The molecule has 0 spiro atoms. The van der Waals surface area contributed by atoms with Gasteiger partial charge in [0.25, 0.3) is 5.69 Å². The SMILES string of the molecule is Cc1cccc(C)c1OC(=O)CCCn1c(=O)oc2cc([N+](=O)[O-])ccc21. The van der Waals surface area contributed by atoms with Gasteiger partial charge >= 0.3 is 11.7 Å². The van der Waals surface area contributed by atoms with Crippen molar-refractivity contribution in [2.24, 2.45) is 0 Å². The van der Waals surface area contributed by atoms with Crippen LogP contribution in [-0.4, -0.2) is 15.5 Å². The fourth-order valence-electron chi connectivity index (χ4n) is 2.89. The molecular formula is C19H18N2O6. The highest BCUT2D eigenvalue weighted by Gasteiger charge is 2.15. The molecule has 8 nitrogen and oxygen atoms in total. The number of nitro benzene ring substituents is 1. The minimum Gasteiger partial charge on any atom is -0.426 e. The molecule has 1 heterocycles. The largest absolute Gasteiger partial charge is 0.426 e. The first-order valence-corrected chi connectivity index (χ1v) is 8.41. The lowest BCUT2D eigenvalue weighted by Gasteiger charge is -2.10. The zero-order valence-corrected chi connectivity index (χ0v) is 14.9. The minimum atomic E-state index is -0.617. The average Bonchev–Trinajstić information content (AvgIpc) is 2.93. The van der Waals surface area contributed by atoms with E-state index in [0.717, 1.165) is 11.1 Å². The number of non-ortho nitro benzene ring substituents is 1. The Kier molecular flexibility index (Phi) is 5.07. The number of hydrogen-bond acceptors (Lipinski definition) is 6. The summed E-state index contributed by atoms with van der Waals surface area (Å²) >= 11 is 0. The molecule has 0 aliphatic heterocycles. The first-order chi connectivity index (χ1) is 12.9. The van der Waals surface area contributed by atoms with E-state index >= 15 is 0 Å². The highest BCUT2D eigenvalue weighted by Crippen LogP contribution is 2.23. The van der Waals surface area contributed by atoms with Crippen molar-refractivity contribution in [3.63, 3.8) is 0 Å². The van der Waals surface area contributed by atoms with Gasteiger partial charge in [0.1, 0.15) is 5.75 Å². The van der Waals surface area contributed by atoms with Crippen molar-refractivity contribution in [1.82, 2.24) is 4.57 Å². The van der Waals surface area contributed by atoms with Crippen molar-refractivity contribution in [2.75, 3.05) is 0 Å². The van der Waals surface area contributed by atoms with Crippen LogP contribution in [0.3, 0.4) is 0 Å². The van der Waals surface area contributed by atoms with Gasteiger partial charge < -0.3 is 9.15 Å². The van der Waals surface area contributed by atoms with Crippen LogP contribution in [0.2, 0.25) is 0 Å². The Hall–Kier alpha value is -3.42. The molecule has 1 aromatic heterocycles. The summed E-state index contributed by atoms with van der Waals surface area (Å²) in [4.78, 5) is 34.3. The Balaban J connectivity index is 1.67. The first kappa shape index (κ1) is 18.4. The predicted octanol–water partition coefficient (Wildman–Crippen LogP) is 3.51. The lowest BCUT2D eigenvalue weighted by atomic mass is 10.1. The molecule has 0 fully saturated rings. The van der Waals surface area contributed by atoms with E-state index in [-0.39, 0.29) is 30.2 Å². The molecule has 0 aliphatic rings. The number of carbonyl (C=O) groups excluding carboxylic acids is 1. The summed E-state index contributed by atoms with van der Waals surface area (Å²) in [6.07, 6.45) is 0.495. The van der Waals surface area contributed by atoms with Gasteiger partial charge in [-0.2, -0.15) is 0 Å². The number of benzene rings is 2. The van der Waals surface area contributed by atoms with Crippen LogP contribution < -0.4 is 10.5 Å². The molecule has 0 amide bonds. The van der Waals surface area contributed by atoms with E-state index in [2.05, 4.69) is 0 Å². The molecule has 140 valence electrons. The lowest BCUT2D eigenvalue weighted by Crippen LogP contribution is -2.16. The number of nitro groups is 1. The molecule has 27 heavy (non-hydrogen) atoms. The van der Waals surface area contributed by atoms with Crippen LogP contribution in [0.5, 0.6) is 5.75 Å². The highest BCUT2D eigenvalue weighted by atomic mass is 16.6. The Labute approximate surface area is 154 Å². The second-order valence-electron chi connectivity index (χ2n) is 6.23. The molecule has 2 aromatic carbocycles. The number of oxazole rings is 1. The van der Waals surface area contributed by atoms with Gasteiger partial charge in [-0.1, -0.05) is 18.2 Å². The normalized spacial score (nSPS) is 10.9. The zero-order chi connectivity index (χ0) is 19.6. The Morgan fingerprint density at radius 1 is 1.22 bits per heavy atom. The third-order valence-electron chi connectivity index (χ3n) is 4.25. The molecule has 0 saturated heterocycles. The first-order valence-electron chi connectivity index (χ1n) is 8.41. The number of fused-ring (bicyclic) bond motifs is 1. The van der Waals surface area contributed by atoms with E-state index in [4.69, 9.17) is 9.15 Å². The molecule has 0 saturated carbocycles. The van der Waals surface area contributed by atoms with Gasteiger partial charge in [-0.15, -0.1) is 0 Å². The van der Waals surface area contributed by atoms with E-state index in [0.29, 0.717) is 17.7 Å². The van der Waals surface area contributed by atoms with Crippen molar-refractivity contribution in [3.05, 3.63) is 68.2 Å². The summed E-state index contributed by atoms with van der Waals surface area (Å²) in [5.41, 5.74) is 2.20. The van der Waals surface area contributed by atoms with Gasteiger partial charge in [0, 0.05) is 19.0 Å². The fraction of sp³-hybridized carbons (Fsp3) is 0.263. The van der Waals surface area contributed by atoms with Crippen LogP contribution in [0.15, 0.2) is 45.6 Å². The van der Waals surface area contributed by atoms with Crippen molar-refractivity contribution in [3.8, 4) is 5.75 Å². The third kappa shape index (κ3) is 3.89. The highest BCUT2D eigenvalue weighted by molar-refractivity contribution is 5.76. The van der Waals surface area contributed by atoms with Crippen molar-refractivity contribution in [1.29, 1.82) is 0 Å². The quantitative estimate of drug-likeness (QED) is 0.285. The van der Waals surface area contributed by atoms with Gasteiger partial charge in [0.15, 0.2) is 5.58 Å². The van der Waals surface area contributed by atoms with Gasteiger partial charge in [-0.25, -0.2) is 4.79 Å². The third-order valence-corrected chi connectivity index (χ3v) is 4.25. The molecule has 0 N–H and O–H groups in total. The summed E-state index contributed by atoms with van der Waals surface area (Å²) in [6, 6.07) is 9.61. The van der Waals surface area contributed by atoms with Gasteiger partial charge in [-0.05, 0) is 37.5 Å². The number of esters is 1. The van der Waals surface area contributed by atoms with Crippen molar-refractivity contribution >= 4 is 22.8 Å². The Morgan fingerprint density at radius 3 is 2.59 bits per heavy atom. The maximum absolute atomic E-state index is 12.1. The Bertz CT molecular complexity index is 1060. The van der Waals surface area contributed by atoms with Gasteiger partial charge in [0.05, 0.1) is 16.5 Å². The maximum Gasteiger partial charge on any atom is 0.419 e. The molecule has 0 atom stereocenters. The Morgan fingerprint density at radius 2 is 1.93 bits per heavy atom. The smallest absolute Gasteiger partial charge is 0.419 e. The maximum atomic E-state index is 12.1. The number of ether oxygens (including phenoxy) is 1. The summed E-state index contributed by atoms with van der Waals surface area (Å²) in [5.74, 6) is -0.446. The summed E-state index contributed by atoms with van der Waals surface area (Å²) in [6.45, 7) is 3.98. The second kappa shape index (κ2) is 7.45. The van der Waals surface area contributed by atoms with E-state index < -0.39 is 10.7 Å². The standard InChI is InChI=1S/C19H18N2O6/c1-12-5-3-6-13(2)18(12)27-17(22)7-4-10-20-15-9-8-14(21(24)25)11-16(15)26-19(20)23/h3,5-6,8-9,11H,4,7,10H2,1-2H3. The van der Waals surface area contributed by atoms with Crippen LogP contribution >= 0.6 is 0 Å². The number of hydrogen-bond donors (Lipinski definition) is 0. The predicted molar refractivity (Wildman–Crippen MR) is 97.9 cm³/mol. The molecule has 3 aromatic rings. The summed E-state index contributed by atoms with van der Waals surface area (Å²) in [7, 11) is 0. The van der Waals surface area contributed by atoms with E-state index in [9.17, 15) is 19.7 Å². The van der Waals surface area contributed by atoms with Crippen LogP contribution in [0.25, 0.3) is 11.1 Å². The van der Waals surface area contributed by atoms with E-state index in [1.807, 2.05) is 32.0 Å². The van der Waals surface area contributed by atoms with Crippen molar-refractivity contribution < 1.29 is 18.9 Å². The topological polar surface area (TPSA) is 105 Å². The number of para-hydroxylation sites is 1. The van der Waals surface area contributed by atoms with E-state index in [1.54, 1.807) is 0 Å². The number of aryl methyl sites for hydroxylation is 3. The van der Waals surface area contributed by atoms with Crippen LogP contribution in [0.1, 0.15) is 24.0 Å². The molecule has 3 rings (SSSR count). The second-order valence-corrected chi connectivity index (χ2v) is 6.23. The van der Waals surface area contributed by atoms with Crippen LogP contribution in [0.4, 0.5) is 5.69 Å². The van der Waals surface area contributed by atoms with Gasteiger partial charge in [0.2, 0.25) is 0 Å². The average molecular weight is 370 g/mol. The molecule has 0 bridgehead atoms. The van der Waals surface area contributed by atoms with Crippen LogP contribution in [0, 0.1) is 24.0 Å². The summed E-state index contributed by atoms with van der Waals surface area (Å²) < 4.78 is 11.8. The fourth-order valence-corrected chi connectivity index (χ4v) is 2.89. The van der Waals surface area contributed by atoms with E-state index in [1.165, 1.54) is 22.8 Å². The monoisotopic (exact) mass is 370 g/mol. The molecule has 0 aliphatic carbocycles. The lowest BCUT2D eigenvalue weighted by molar-refractivity contribution is -0.384. The summed E-state index contributed by atoms with van der Waals surface area (Å²) in [5, 5.41) is 10.8. The number of aromatic nitrogens is 1. The number of carbonyl (C=O) groups is 1. The van der Waals surface area contributed by atoms with Crippen molar-refractivity contribution in [2.45, 2.75) is 33.2 Å². The molecule has 8 heteroatoms. The number of rotatable bonds is 6. The molecular weight excluding hydrogens is 352 g/mol. The molecule has 0 radical (unpaired) electrons. The minimum absolute atomic E-state index is 0.125. The number of nitrogens with zero attached hydrogens (tertiary/aromatic N) is 2.